The van der Waals surface area contributed by atoms with E-state index in [1.165, 1.54) is 0 Å². The normalized spacial score (nSPS) is 21.5. The summed E-state index contributed by atoms with van der Waals surface area (Å²) in [4.78, 5) is 18.0. The van der Waals surface area contributed by atoms with Gasteiger partial charge in [-0.2, -0.15) is 0 Å². The number of hydrogen-bond donors (Lipinski definition) is 0. The quantitative estimate of drug-likeness (QED) is 0.787. The molecule has 1 aromatic rings. The molecule has 1 saturated heterocycles. The van der Waals surface area contributed by atoms with Crippen LogP contribution in [0.15, 0.2) is 12.4 Å². The molecule has 16 heavy (non-hydrogen) atoms. The topological polar surface area (TPSA) is 38.1 Å². The lowest BCUT2D eigenvalue weighted by atomic mass is 10.1. The standard InChI is InChI=1S/C11H16BrN3O/c1-14-8-5-13-10(14)4-7-15-6-2-3-9(12)11(15)16/h5,8-9H,2-4,6-7H2,1H3. The van der Waals surface area contributed by atoms with E-state index in [1.54, 1.807) is 6.20 Å². The molecule has 5 heteroatoms. The summed E-state index contributed by atoms with van der Waals surface area (Å²) in [6.45, 7) is 1.65. The Kier molecular flexibility index (Phi) is 3.63. The van der Waals surface area contributed by atoms with Crippen LogP contribution >= 0.6 is 15.9 Å². The number of hydrogen-bond acceptors (Lipinski definition) is 2. The fourth-order valence-electron chi connectivity index (χ4n) is 1.99. The Morgan fingerprint density at radius 2 is 2.44 bits per heavy atom. The maximum Gasteiger partial charge on any atom is 0.236 e. The monoisotopic (exact) mass is 285 g/mol. The molecule has 0 spiro atoms. The number of imidazole rings is 1. The summed E-state index contributed by atoms with van der Waals surface area (Å²) in [5.41, 5.74) is 0. The van der Waals surface area contributed by atoms with Gasteiger partial charge in [0.05, 0.1) is 4.83 Å². The third-order valence-corrected chi connectivity index (χ3v) is 3.84. The zero-order valence-electron chi connectivity index (χ0n) is 9.40. The van der Waals surface area contributed by atoms with Gasteiger partial charge in [0, 0.05) is 39.0 Å². The molecule has 1 amide bonds. The van der Waals surface area contributed by atoms with Crippen molar-refractivity contribution in [2.75, 3.05) is 13.1 Å². The van der Waals surface area contributed by atoms with Gasteiger partial charge in [0.25, 0.3) is 0 Å². The van der Waals surface area contributed by atoms with Crippen molar-refractivity contribution in [1.29, 1.82) is 0 Å². The highest BCUT2D eigenvalue weighted by Gasteiger charge is 2.26. The maximum absolute atomic E-state index is 11.8. The van der Waals surface area contributed by atoms with Crippen LogP contribution in [0.1, 0.15) is 18.7 Å². The summed E-state index contributed by atoms with van der Waals surface area (Å²) in [5.74, 6) is 1.25. The van der Waals surface area contributed by atoms with Crippen molar-refractivity contribution < 1.29 is 4.79 Å². The highest BCUT2D eigenvalue weighted by Crippen LogP contribution is 2.18. The number of likely N-dealkylation sites (tertiary alicyclic amines) is 1. The number of piperidine rings is 1. The molecule has 0 N–H and O–H groups in total. The summed E-state index contributed by atoms with van der Waals surface area (Å²) in [5, 5.41) is 0. The first-order valence-corrected chi connectivity index (χ1v) is 6.49. The average molecular weight is 286 g/mol. The Morgan fingerprint density at radius 1 is 1.62 bits per heavy atom. The summed E-state index contributed by atoms with van der Waals surface area (Å²) < 4.78 is 2.00. The van der Waals surface area contributed by atoms with Crippen molar-refractivity contribution in [2.45, 2.75) is 24.1 Å². The first-order chi connectivity index (χ1) is 7.68. The van der Waals surface area contributed by atoms with Crippen LogP contribution in [0.2, 0.25) is 0 Å². The lowest BCUT2D eigenvalue weighted by Gasteiger charge is -2.29. The van der Waals surface area contributed by atoms with Crippen LogP contribution in [0.3, 0.4) is 0 Å². The van der Waals surface area contributed by atoms with Gasteiger partial charge in [0.15, 0.2) is 0 Å². The Bertz CT molecular complexity index is 377. The molecule has 1 atom stereocenters. The molecule has 0 aliphatic carbocycles. The molecule has 0 radical (unpaired) electrons. The molecule has 0 saturated carbocycles. The van der Waals surface area contributed by atoms with Crippen LogP contribution in [0, 0.1) is 0 Å². The van der Waals surface area contributed by atoms with Gasteiger partial charge in [-0.15, -0.1) is 0 Å². The molecular weight excluding hydrogens is 270 g/mol. The van der Waals surface area contributed by atoms with Crippen LogP contribution in [-0.4, -0.2) is 38.3 Å². The van der Waals surface area contributed by atoms with Crippen LogP contribution in [-0.2, 0) is 18.3 Å². The Balaban J connectivity index is 1.90. The highest BCUT2D eigenvalue weighted by atomic mass is 79.9. The van der Waals surface area contributed by atoms with E-state index in [9.17, 15) is 4.79 Å². The molecule has 1 aromatic heterocycles. The van der Waals surface area contributed by atoms with Gasteiger partial charge in [0.1, 0.15) is 5.82 Å². The lowest BCUT2D eigenvalue weighted by molar-refractivity contribution is -0.132. The van der Waals surface area contributed by atoms with Gasteiger partial charge >= 0.3 is 0 Å². The van der Waals surface area contributed by atoms with Crippen LogP contribution in [0.25, 0.3) is 0 Å². The zero-order valence-corrected chi connectivity index (χ0v) is 11.0. The molecule has 1 aliphatic heterocycles. The number of nitrogens with zero attached hydrogens (tertiary/aromatic N) is 3. The summed E-state index contributed by atoms with van der Waals surface area (Å²) >= 11 is 3.42. The minimum absolute atomic E-state index is 0.0163. The molecule has 88 valence electrons. The van der Waals surface area contributed by atoms with Gasteiger partial charge in [-0.1, -0.05) is 15.9 Å². The summed E-state index contributed by atoms with van der Waals surface area (Å²) in [6, 6.07) is 0. The molecular formula is C11H16BrN3O. The van der Waals surface area contributed by atoms with E-state index in [2.05, 4.69) is 20.9 Å². The number of aryl methyl sites for hydroxylation is 1. The average Bonchev–Trinajstić information content (AvgIpc) is 2.67. The second kappa shape index (κ2) is 4.99. The van der Waals surface area contributed by atoms with Crippen molar-refractivity contribution >= 4 is 21.8 Å². The van der Waals surface area contributed by atoms with Crippen LogP contribution in [0.4, 0.5) is 0 Å². The molecule has 1 fully saturated rings. The van der Waals surface area contributed by atoms with Crippen molar-refractivity contribution in [2.24, 2.45) is 7.05 Å². The number of rotatable bonds is 3. The number of aromatic nitrogens is 2. The maximum atomic E-state index is 11.8. The first-order valence-electron chi connectivity index (χ1n) is 5.57. The zero-order chi connectivity index (χ0) is 11.5. The molecule has 1 aliphatic rings. The SMILES string of the molecule is Cn1ccnc1CCN1CCCC(Br)C1=O. The van der Waals surface area contributed by atoms with Gasteiger partial charge in [-0.05, 0) is 12.8 Å². The Labute approximate surface area is 104 Å². The van der Waals surface area contributed by atoms with Gasteiger partial charge in [0.2, 0.25) is 5.91 Å². The lowest BCUT2D eigenvalue weighted by Crippen LogP contribution is -2.42. The predicted octanol–water partition coefficient (Wildman–Crippen LogP) is 1.35. The third-order valence-electron chi connectivity index (χ3n) is 2.99. The Hall–Kier alpha value is -0.840. The van der Waals surface area contributed by atoms with Crippen LogP contribution < -0.4 is 0 Å². The highest BCUT2D eigenvalue weighted by molar-refractivity contribution is 9.10. The van der Waals surface area contributed by atoms with Gasteiger partial charge in [-0.25, -0.2) is 4.98 Å². The van der Waals surface area contributed by atoms with Crippen molar-refractivity contribution in [3.05, 3.63) is 18.2 Å². The fourth-order valence-corrected chi connectivity index (χ4v) is 2.60. The van der Waals surface area contributed by atoms with E-state index in [0.29, 0.717) is 0 Å². The first kappa shape index (κ1) is 11.6. The largest absolute Gasteiger partial charge is 0.341 e. The van der Waals surface area contributed by atoms with Gasteiger partial charge < -0.3 is 9.47 Å². The summed E-state index contributed by atoms with van der Waals surface area (Å²) in [7, 11) is 1.98. The number of carbonyl (C=O) groups is 1. The van der Waals surface area contributed by atoms with E-state index < -0.39 is 0 Å². The number of halogens is 1. The minimum atomic E-state index is 0.0163. The molecule has 2 heterocycles. The second-order valence-corrected chi connectivity index (χ2v) is 5.24. The van der Waals surface area contributed by atoms with E-state index in [0.717, 1.165) is 38.2 Å². The minimum Gasteiger partial charge on any atom is -0.341 e. The number of amides is 1. The van der Waals surface area contributed by atoms with Crippen molar-refractivity contribution in [3.8, 4) is 0 Å². The number of alkyl halides is 1. The molecule has 2 rings (SSSR count). The second-order valence-electron chi connectivity index (χ2n) is 4.14. The predicted molar refractivity (Wildman–Crippen MR) is 65.4 cm³/mol. The van der Waals surface area contributed by atoms with Gasteiger partial charge in [-0.3, -0.25) is 4.79 Å². The van der Waals surface area contributed by atoms with E-state index in [-0.39, 0.29) is 10.7 Å². The van der Waals surface area contributed by atoms with Crippen molar-refractivity contribution in [3.63, 3.8) is 0 Å². The fraction of sp³-hybridized carbons (Fsp3) is 0.636. The van der Waals surface area contributed by atoms with E-state index in [4.69, 9.17) is 0 Å². The molecule has 0 bridgehead atoms. The van der Waals surface area contributed by atoms with Crippen LogP contribution in [0.5, 0.6) is 0 Å². The summed E-state index contributed by atoms with van der Waals surface area (Å²) in [6.07, 6.45) is 6.59. The molecule has 0 aromatic carbocycles. The molecule has 1 unspecified atom stereocenters. The molecule has 4 nitrogen and oxygen atoms in total. The number of carbonyl (C=O) groups excluding carboxylic acids is 1. The van der Waals surface area contributed by atoms with E-state index >= 15 is 0 Å². The Morgan fingerprint density at radius 3 is 3.12 bits per heavy atom. The van der Waals surface area contributed by atoms with E-state index in [1.807, 2.05) is 22.7 Å². The third kappa shape index (κ3) is 2.45. The van der Waals surface area contributed by atoms with Crippen molar-refractivity contribution in [1.82, 2.24) is 14.5 Å². The smallest absolute Gasteiger partial charge is 0.236 e.